The molecule has 0 spiro atoms. The molecule has 3 rings (SSSR count). The average Bonchev–Trinajstić information content (AvgIpc) is 2.85. The topological polar surface area (TPSA) is 58.6 Å². The summed E-state index contributed by atoms with van der Waals surface area (Å²) in [4.78, 5) is 28.7. The van der Waals surface area contributed by atoms with E-state index in [1.54, 1.807) is 4.90 Å². The van der Waals surface area contributed by atoms with Crippen molar-refractivity contribution in [3.8, 4) is 5.75 Å². The first-order valence-corrected chi connectivity index (χ1v) is 13.4. The Morgan fingerprint density at radius 2 is 1.51 bits per heavy atom. The fraction of sp³-hybridized carbons (Fsp3) is 0.355. The molecule has 0 heterocycles. The molecular formula is C31H37BrN2O3. The van der Waals surface area contributed by atoms with Crippen LogP contribution in [0.1, 0.15) is 51.3 Å². The van der Waals surface area contributed by atoms with Gasteiger partial charge in [-0.25, -0.2) is 0 Å². The monoisotopic (exact) mass is 564 g/mol. The van der Waals surface area contributed by atoms with Crippen LogP contribution < -0.4 is 10.1 Å². The Labute approximate surface area is 229 Å². The third-order valence-electron chi connectivity index (χ3n) is 6.05. The first-order valence-electron chi connectivity index (χ1n) is 12.6. The Hall–Kier alpha value is -3.12. The number of hydrogen-bond acceptors (Lipinski definition) is 3. The highest BCUT2D eigenvalue weighted by Crippen LogP contribution is 2.24. The Morgan fingerprint density at radius 1 is 0.892 bits per heavy atom. The molecule has 0 fully saturated rings. The minimum absolute atomic E-state index is 0.0320. The Kier molecular flexibility index (Phi) is 9.93. The van der Waals surface area contributed by atoms with E-state index in [4.69, 9.17) is 4.74 Å². The number of carbonyl (C=O) groups excluding carboxylic acids is 2. The standard InChI is InChI=1S/C31H37BrN2O3/c1-22(2)33-30(36)28(19-23-9-7-6-8-10-23)34(20-24-11-15-26(32)16-12-24)29(35)21-37-27-17-13-25(14-18-27)31(3,4)5/h6-18,22,28H,19-21H2,1-5H3,(H,33,36)/t28-/m1/s1. The summed E-state index contributed by atoms with van der Waals surface area (Å²) in [5.74, 6) is 0.192. The molecule has 3 aromatic carbocycles. The lowest BCUT2D eigenvalue weighted by atomic mass is 9.87. The van der Waals surface area contributed by atoms with Gasteiger partial charge in [-0.2, -0.15) is 0 Å². The lowest BCUT2D eigenvalue weighted by Crippen LogP contribution is -2.52. The van der Waals surface area contributed by atoms with Crippen LogP contribution in [0, 0.1) is 0 Å². The number of hydrogen-bond donors (Lipinski definition) is 1. The molecule has 0 saturated heterocycles. The number of benzene rings is 3. The largest absolute Gasteiger partial charge is 0.484 e. The highest BCUT2D eigenvalue weighted by molar-refractivity contribution is 9.10. The molecule has 0 aliphatic carbocycles. The van der Waals surface area contributed by atoms with Crippen molar-refractivity contribution in [2.75, 3.05) is 6.61 Å². The molecule has 37 heavy (non-hydrogen) atoms. The zero-order chi connectivity index (χ0) is 27.0. The van der Waals surface area contributed by atoms with Gasteiger partial charge in [0.1, 0.15) is 11.8 Å². The van der Waals surface area contributed by atoms with E-state index >= 15 is 0 Å². The summed E-state index contributed by atoms with van der Waals surface area (Å²) < 4.78 is 6.86. The van der Waals surface area contributed by atoms with Gasteiger partial charge in [-0.3, -0.25) is 9.59 Å². The molecule has 0 aromatic heterocycles. The van der Waals surface area contributed by atoms with Gasteiger partial charge in [-0.15, -0.1) is 0 Å². The van der Waals surface area contributed by atoms with Gasteiger partial charge in [0.15, 0.2) is 6.61 Å². The Bertz CT molecular complexity index is 1150. The zero-order valence-corrected chi connectivity index (χ0v) is 23.9. The number of carbonyl (C=O) groups is 2. The molecule has 6 heteroatoms. The van der Waals surface area contributed by atoms with E-state index in [0.29, 0.717) is 18.7 Å². The van der Waals surface area contributed by atoms with E-state index in [-0.39, 0.29) is 29.9 Å². The highest BCUT2D eigenvalue weighted by Gasteiger charge is 2.31. The number of rotatable bonds is 10. The lowest BCUT2D eigenvalue weighted by Gasteiger charge is -2.32. The molecule has 0 aliphatic rings. The normalized spacial score (nSPS) is 12.2. The van der Waals surface area contributed by atoms with Crippen molar-refractivity contribution in [1.82, 2.24) is 10.2 Å². The fourth-order valence-corrected chi connectivity index (χ4v) is 4.26. The van der Waals surface area contributed by atoms with Gasteiger partial charge in [0.25, 0.3) is 5.91 Å². The third-order valence-corrected chi connectivity index (χ3v) is 6.58. The van der Waals surface area contributed by atoms with Crippen molar-refractivity contribution in [3.05, 3.63) is 100 Å². The van der Waals surface area contributed by atoms with Gasteiger partial charge in [0.2, 0.25) is 5.91 Å². The maximum atomic E-state index is 13.6. The predicted octanol–water partition coefficient (Wildman–Crippen LogP) is 6.29. The first kappa shape index (κ1) is 28.5. The Morgan fingerprint density at radius 3 is 2.08 bits per heavy atom. The number of ether oxygens (including phenoxy) is 1. The molecule has 196 valence electrons. The molecule has 0 aliphatic heterocycles. The molecule has 0 saturated carbocycles. The quantitative estimate of drug-likeness (QED) is 0.315. The minimum atomic E-state index is -0.687. The Balaban J connectivity index is 1.87. The highest BCUT2D eigenvalue weighted by atomic mass is 79.9. The molecule has 1 N–H and O–H groups in total. The van der Waals surface area contributed by atoms with Crippen LogP contribution in [0.25, 0.3) is 0 Å². The third kappa shape index (κ3) is 8.74. The SMILES string of the molecule is CC(C)NC(=O)[C@@H](Cc1ccccc1)N(Cc1ccc(Br)cc1)C(=O)COc1ccc(C(C)(C)C)cc1. The van der Waals surface area contributed by atoms with Crippen molar-refractivity contribution < 1.29 is 14.3 Å². The first-order chi connectivity index (χ1) is 17.5. The van der Waals surface area contributed by atoms with Crippen LogP contribution in [0.2, 0.25) is 0 Å². The van der Waals surface area contributed by atoms with Crippen LogP contribution >= 0.6 is 15.9 Å². The second-order valence-electron chi connectivity index (χ2n) is 10.6. The maximum Gasteiger partial charge on any atom is 0.261 e. The maximum absolute atomic E-state index is 13.6. The van der Waals surface area contributed by atoms with Crippen LogP contribution in [0.5, 0.6) is 5.75 Å². The van der Waals surface area contributed by atoms with E-state index in [2.05, 4.69) is 42.0 Å². The van der Waals surface area contributed by atoms with Crippen LogP contribution in [-0.4, -0.2) is 35.4 Å². The van der Waals surface area contributed by atoms with Gasteiger partial charge in [0.05, 0.1) is 0 Å². The van der Waals surface area contributed by atoms with Gasteiger partial charge in [-0.05, 0) is 60.2 Å². The zero-order valence-electron chi connectivity index (χ0n) is 22.3. The smallest absolute Gasteiger partial charge is 0.261 e. The number of amides is 2. The lowest BCUT2D eigenvalue weighted by molar-refractivity contribution is -0.143. The van der Waals surface area contributed by atoms with Crippen molar-refractivity contribution in [1.29, 1.82) is 0 Å². The predicted molar refractivity (Wildman–Crippen MR) is 153 cm³/mol. The van der Waals surface area contributed by atoms with Crippen LogP contribution in [0.4, 0.5) is 0 Å². The van der Waals surface area contributed by atoms with E-state index in [0.717, 1.165) is 15.6 Å². The number of halogens is 1. The van der Waals surface area contributed by atoms with Crippen molar-refractivity contribution >= 4 is 27.7 Å². The van der Waals surface area contributed by atoms with Gasteiger partial charge < -0.3 is 15.0 Å². The van der Waals surface area contributed by atoms with Gasteiger partial charge in [-0.1, -0.05) is 91.3 Å². The molecule has 0 unspecified atom stereocenters. The van der Waals surface area contributed by atoms with Gasteiger partial charge >= 0.3 is 0 Å². The number of nitrogens with one attached hydrogen (secondary N) is 1. The van der Waals surface area contributed by atoms with E-state index in [1.807, 2.05) is 92.7 Å². The fourth-order valence-electron chi connectivity index (χ4n) is 4.00. The molecule has 0 bridgehead atoms. The second kappa shape index (κ2) is 12.9. The number of nitrogens with zero attached hydrogens (tertiary/aromatic N) is 1. The summed E-state index contributed by atoms with van der Waals surface area (Å²) in [6.07, 6.45) is 0.405. The summed E-state index contributed by atoms with van der Waals surface area (Å²) in [7, 11) is 0. The minimum Gasteiger partial charge on any atom is -0.484 e. The van der Waals surface area contributed by atoms with Crippen molar-refractivity contribution in [3.63, 3.8) is 0 Å². The summed E-state index contributed by atoms with van der Waals surface area (Å²) in [6.45, 7) is 10.4. The molecule has 1 atom stereocenters. The van der Waals surface area contributed by atoms with E-state index in [1.165, 1.54) is 5.56 Å². The molecule has 5 nitrogen and oxygen atoms in total. The average molecular weight is 566 g/mol. The van der Waals surface area contributed by atoms with Crippen molar-refractivity contribution in [2.24, 2.45) is 0 Å². The molecular weight excluding hydrogens is 528 g/mol. The van der Waals surface area contributed by atoms with E-state index in [9.17, 15) is 9.59 Å². The van der Waals surface area contributed by atoms with Gasteiger partial charge in [0, 0.05) is 23.5 Å². The van der Waals surface area contributed by atoms with Crippen molar-refractivity contribution in [2.45, 2.75) is 65.1 Å². The molecule has 2 amide bonds. The van der Waals surface area contributed by atoms with Crippen LogP contribution in [0.3, 0.4) is 0 Å². The summed E-state index contributed by atoms with van der Waals surface area (Å²) >= 11 is 3.47. The van der Waals surface area contributed by atoms with Crippen LogP contribution in [0.15, 0.2) is 83.3 Å². The summed E-state index contributed by atoms with van der Waals surface area (Å²) in [6, 6.07) is 24.6. The summed E-state index contributed by atoms with van der Waals surface area (Å²) in [5.41, 5.74) is 3.14. The molecule has 3 aromatic rings. The molecule has 0 radical (unpaired) electrons. The second-order valence-corrected chi connectivity index (χ2v) is 11.5. The summed E-state index contributed by atoms with van der Waals surface area (Å²) in [5, 5.41) is 3.01. The van der Waals surface area contributed by atoms with E-state index < -0.39 is 6.04 Å². The van der Waals surface area contributed by atoms with Crippen LogP contribution in [-0.2, 0) is 28.0 Å².